The maximum atomic E-state index is 12.8. The zero-order valence-corrected chi connectivity index (χ0v) is 20.2. The number of hydrogen-bond acceptors (Lipinski definition) is 6. The molecule has 0 bridgehead atoms. The van der Waals surface area contributed by atoms with Crippen LogP contribution >= 0.6 is 0 Å². The molecule has 0 spiro atoms. The second-order valence-electron chi connectivity index (χ2n) is 8.10. The van der Waals surface area contributed by atoms with Gasteiger partial charge >= 0.3 is 12.1 Å². The molecular weight excluding hydrogens is 474 g/mol. The van der Waals surface area contributed by atoms with Crippen LogP contribution in [0.25, 0.3) is 0 Å². The minimum Gasteiger partial charge on any atom is -0.459 e. The third kappa shape index (κ3) is 10.2. The molecule has 0 heterocycles. The summed E-state index contributed by atoms with van der Waals surface area (Å²) in [5, 5.41) is 7.35. The molecule has 3 amide bonds. The molecule has 0 unspecified atom stereocenters. The molecule has 0 radical (unpaired) electrons. The highest BCUT2D eigenvalue weighted by Gasteiger charge is 2.23. The van der Waals surface area contributed by atoms with Crippen molar-refractivity contribution < 1.29 is 28.7 Å². The number of benzene rings is 3. The first kappa shape index (κ1) is 26.9. The van der Waals surface area contributed by atoms with Gasteiger partial charge in [-0.15, -0.1) is 0 Å². The van der Waals surface area contributed by atoms with Crippen molar-refractivity contribution >= 4 is 23.9 Å². The summed E-state index contributed by atoms with van der Waals surface area (Å²) in [6, 6.07) is 26.6. The van der Waals surface area contributed by atoms with Gasteiger partial charge < -0.3 is 25.4 Å². The van der Waals surface area contributed by atoms with Gasteiger partial charge in [0.25, 0.3) is 0 Å². The molecular formula is C28H29N3O6. The molecule has 0 fully saturated rings. The lowest BCUT2D eigenvalue weighted by Gasteiger charge is -2.18. The minimum absolute atomic E-state index is 0.0693. The number of hydrogen-bond donors (Lipinski definition) is 3. The van der Waals surface area contributed by atoms with E-state index in [1.165, 1.54) is 0 Å². The van der Waals surface area contributed by atoms with Crippen LogP contribution in [0.4, 0.5) is 4.79 Å². The molecule has 3 N–H and O–H groups in total. The largest absolute Gasteiger partial charge is 0.459 e. The van der Waals surface area contributed by atoms with Crippen molar-refractivity contribution in [2.45, 2.75) is 25.7 Å². The molecule has 3 aromatic rings. The lowest BCUT2D eigenvalue weighted by molar-refractivity contribution is -0.149. The molecule has 0 saturated heterocycles. The topological polar surface area (TPSA) is 123 Å². The minimum atomic E-state index is -0.943. The van der Waals surface area contributed by atoms with Gasteiger partial charge in [0.15, 0.2) is 0 Å². The van der Waals surface area contributed by atoms with E-state index < -0.39 is 29.9 Å². The fraction of sp³-hybridized carbons (Fsp3) is 0.214. The first-order chi connectivity index (χ1) is 18.0. The van der Waals surface area contributed by atoms with E-state index in [1.807, 2.05) is 78.9 Å². The number of alkyl carbamates (subject to hydrolysis) is 1. The molecule has 3 aromatic carbocycles. The van der Waals surface area contributed by atoms with Crippen LogP contribution in [0.2, 0.25) is 0 Å². The van der Waals surface area contributed by atoms with Crippen LogP contribution < -0.4 is 16.0 Å². The first-order valence-electron chi connectivity index (χ1n) is 11.7. The number of ether oxygens (including phenoxy) is 2. The summed E-state index contributed by atoms with van der Waals surface area (Å²) in [5.41, 5.74) is 2.47. The van der Waals surface area contributed by atoms with Crippen molar-refractivity contribution in [2.75, 3.05) is 13.1 Å². The van der Waals surface area contributed by atoms with Gasteiger partial charge in [-0.1, -0.05) is 91.0 Å². The molecule has 0 aromatic heterocycles. The molecule has 0 aliphatic heterocycles. The zero-order valence-electron chi connectivity index (χ0n) is 20.2. The molecule has 9 nitrogen and oxygen atoms in total. The van der Waals surface area contributed by atoms with Gasteiger partial charge in [0.05, 0.1) is 6.54 Å². The second kappa shape index (κ2) is 14.7. The van der Waals surface area contributed by atoms with Crippen LogP contribution in [-0.2, 0) is 43.5 Å². The summed E-state index contributed by atoms with van der Waals surface area (Å²) in [6.07, 6.45) is -0.532. The Hall–Kier alpha value is -4.66. The van der Waals surface area contributed by atoms with Gasteiger partial charge in [0.2, 0.25) is 11.8 Å². The van der Waals surface area contributed by atoms with Crippen LogP contribution in [0, 0.1) is 0 Å². The molecule has 0 saturated carbocycles. The molecule has 1 atom stereocenters. The van der Waals surface area contributed by atoms with E-state index in [9.17, 15) is 19.2 Å². The maximum absolute atomic E-state index is 12.8. The third-order valence-electron chi connectivity index (χ3n) is 5.18. The smallest absolute Gasteiger partial charge is 0.407 e. The molecule has 0 aliphatic rings. The van der Waals surface area contributed by atoms with Crippen LogP contribution in [-0.4, -0.2) is 43.0 Å². The standard InChI is InChI=1S/C28H29N3O6/c32-25(17-30-28(35)37-20-23-14-8-3-9-15-23)29-18-26(33)31-24(16-21-10-4-1-5-11-21)27(34)36-19-22-12-6-2-7-13-22/h1-15,24H,16-20H2,(H,29,32)(H,30,35)(H,31,33)/t24-/m0/s1. The Morgan fingerprint density at radius 2 is 1.08 bits per heavy atom. The van der Waals surface area contributed by atoms with Crippen LogP contribution in [0.1, 0.15) is 16.7 Å². The Bertz CT molecular complexity index is 1160. The number of carbonyl (C=O) groups excluding carboxylic acids is 4. The Morgan fingerprint density at radius 1 is 0.595 bits per heavy atom. The fourth-order valence-corrected chi connectivity index (χ4v) is 3.29. The number of rotatable bonds is 12. The quantitative estimate of drug-likeness (QED) is 0.327. The Morgan fingerprint density at radius 3 is 1.65 bits per heavy atom. The predicted octanol–water partition coefficient (Wildman–Crippen LogP) is 2.50. The van der Waals surface area contributed by atoms with Gasteiger partial charge in [0.1, 0.15) is 25.8 Å². The van der Waals surface area contributed by atoms with Crippen molar-refractivity contribution in [3.8, 4) is 0 Å². The van der Waals surface area contributed by atoms with Gasteiger partial charge in [0, 0.05) is 6.42 Å². The van der Waals surface area contributed by atoms with Crippen molar-refractivity contribution in [3.63, 3.8) is 0 Å². The Kier molecular flexibility index (Phi) is 10.7. The van der Waals surface area contributed by atoms with E-state index in [-0.39, 0.29) is 32.7 Å². The Labute approximate surface area is 215 Å². The van der Waals surface area contributed by atoms with Gasteiger partial charge in [-0.05, 0) is 16.7 Å². The second-order valence-corrected chi connectivity index (χ2v) is 8.10. The van der Waals surface area contributed by atoms with Crippen molar-refractivity contribution in [1.29, 1.82) is 0 Å². The normalized spacial score (nSPS) is 11.0. The summed E-state index contributed by atoms with van der Waals surface area (Å²) in [6.45, 7) is -0.603. The lowest BCUT2D eigenvalue weighted by atomic mass is 10.1. The number of nitrogens with one attached hydrogen (secondary N) is 3. The van der Waals surface area contributed by atoms with E-state index in [4.69, 9.17) is 9.47 Å². The van der Waals surface area contributed by atoms with Crippen molar-refractivity contribution in [2.24, 2.45) is 0 Å². The SMILES string of the molecule is O=C(CNC(=O)OCc1ccccc1)NCC(=O)N[C@@H](Cc1ccccc1)C(=O)OCc1ccccc1. The number of carbonyl (C=O) groups is 4. The van der Waals surface area contributed by atoms with Gasteiger partial charge in [-0.3, -0.25) is 9.59 Å². The van der Waals surface area contributed by atoms with E-state index in [2.05, 4.69) is 16.0 Å². The molecule has 9 heteroatoms. The maximum Gasteiger partial charge on any atom is 0.407 e. The van der Waals surface area contributed by atoms with Crippen molar-refractivity contribution in [3.05, 3.63) is 108 Å². The highest BCUT2D eigenvalue weighted by atomic mass is 16.5. The predicted molar refractivity (Wildman–Crippen MR) is 136 cm³/mol. The van der Waals surface area contributed by atoms with Gasteiger partial charge in [-0.2, -0.15) is 0 Å². The average molecular weight is 504 g/mol. The van der Waals surface area contributed by atoms with E-state index in [0.717, 1.165) is 16.7 Å². The molecule has 192 valence electrons. The van der Waals surface area contributed by atoms with Gasteiger partial charge in [-0.25, -0.2) is 9.59 Å². The van der Waals surface area contributed by atoms with Crippen molar-refractivity contribution in [1.82, 2.24) is 16.0 Å². The number of amides is 3. The lowest BCUT2D eigenvalue weighted by Crippen LogP contribution is -2.48. The van der Waals surface area contributed by atoms with Crippen LogP contribution in [0.5, 0.6) is 0 Å². The summed E-state index contributed by atoms with van der Waals surface area (Å²) in [5.74, 6) is -1.74. The van der Waals surface area contributed by atoms with E-state index in [0.29, 0.717) is 0 Å². The summed E-state index contributed by atoms with van der Waals surface area (Å²) in [4.78, 5) is 49.0. The summed E-state index contributed by atoms with van der Waals surface area (Å²) < 4.78 is 10.4. The molecule has 3 rings (SSSR count). The average Bonchev–Trinajstić information content (AvgIpc) is 2.94. The summed E-state index contributed by atoms with van der Waals surface area (Å²) in [7, 11) is 0. The fourth-order valence-electron chi connectivity index (χ4n) is 3.29. The molecule has 0 aliphatic carbocycles. The highest BCUT2D eigenvalue weighted by Crippen LogP contribution is 2.07. The Balaban J connectivity index is 1.43. The molecule has 37 heavy (non-hydrogen) atoms. The first-order valence-corrected chi connectivity index (χ1v) is 11.7. The number of esters is 1. The zero-order chi connectivity index (χ0) is 26.3. The monoisotopic (exact) mass is 503 g/mol. The van der Waals surface area contributed by atoms with E-state index in [1.54, 1.807) is 12.1 Å². The van der Waals surface area contributed by atoms with E-state index >= 15 is 0 Å². The van der Waals surface area contributed by atoms with Crippen LogP contribution in [0.15, 0.2) is 91.0 Å². The third-order valence-corrected chi connectivity index (χ3v) is 5.18. The summed E-state index contributed by atoms with van der Waals surface area (Å²) >= 11 is 0. The highest BCUT2D eigenvalue weighted by molar-refractivity contribution is 5.89. The van der Waals surface area contributed by atoms with Crippen LogP contribution in [0.3, 0.4) is 0 Å².